The minimum atomic E-state index is -0.604. The maximum atomic E-state index is 13.4. The smallest absolute Gasteiger partial charge is 0.246 e. The molecule has 2 rings (SSSR count). The van der Waals surface area contributed by atoms with Crippen molar-refractivity contribution >= 4 is 18.2 Å². The van der Waals surface area contributed by atoms with Crippen LogP contribution in [-0.4, -0.2) is 73.3 Å². The van der Waals surface area contributed by atoms with Crippen LogP contribution in [0.3, 0.4) is 0 Å². The molecule has 0 aromatic heterocycles. The molecule has 1 aliphatic heterocycles. The minimum absolute atomic E-state index is 0.0236. The Kier molecular flexibility index (Phi) is 8.84. The van der Waals surface area contributed by atoms with Crippen molar-refractivity contribution in [1.29, 1.82) is 0 Å². The Morgan fingerprint density at radius 2 is 1.97 bits per heavy atom. The van der Waals surface area contributed by atoms with Gasteiger partial charge in [-0.25, -0.2) is 0 Å². The molecule has 2 atom stereocenters. The SMILES string of the molecule is CNCC(=O)NC(C(=O)N1CCCC1CN(C=O)CCc1ccccc1)C(C)(C)C. The first-order valence-electron chi connectivity index (χ1n) is 10.7. The molecule has 0 radical (unpaired) electrons. The molecule has 1 fully saturated rings. The van der Waals surface area contributed by atoms with Gasteiger partial charge >= 0.3 is 0 Å². The standard InChI is InChI=1S/C23H36N4O3/c1-23(2,3)21(25-20(29)15-24-4)22(30)27-13-8-11-19(27)16-26(17-28)14-12-18-9-6-5-7-10-18/h5-7,9-10,17,19,21,24H,8,11-16H2,1-4H3,(H,25,29). The summed E-state index contributed by atoms with van der Waals surface area (Å²) in [6.45, 7) is 7.83. The van der Waals surface area contributed by atoms with Crippen LogP contribution in [0.4, 0.5) is 0 Å². The number of carbonyl (C=O) groups excluding carboxylic acids is 3. The molecule has 0 bridgehead atoms. The number of hydrogen-bond acceptors (Lipinski definition) is 4. The van der Waals surface area contributed by atoms with E-state index < -0.39 is 11.5 Å². The van der Waals surface area contributed by atoms with Gasteiger partial charge in [0.15, 0.2) is 0 Å². The molecule has 7 heteroatoms. The molecule has 2 N–H and O–H groups in total. The van der Waals surface area contributed by atoms with E-state index in [9.17, 15) is 14.4 Å². The Hall–Kier alpha value is -2.41. The number of likely N-dealkylation sites (tertiary alicyclic amines) is 1. The summed E-state index contributed by atoms with van der Waals surface area (Å²) < 4.78 is 0. The van der Waals surface area contributed by atoms with Crippen molar-refractivity contribution < 1.29 is 14.4 Å². The highest BCUT2D eigenvalue weighted by Crippen LogP contribution is 2.26. The van der Waals surface area contributed by atoms with Crippen LogP contribution in [0.25, 0.3) is 0 Å². The van der Waals surface area contributed by atoms with E-state index in [-0.39, 0.29) is 24.4 Å². The van der Waals surface area contributed by atoms with Gasteiger partial charge in [0.25, 0.3) is 0 Å². The van der Waals surface area contributed by atoms with Crippen molar-refractivity contribution in [2.75, 3.05) is 33.2 Å². The van der Waals surface area contributed by atoms with Gasteiger partial charge in [0.1, 0.15) is 6.04 Å². The molecule has 0 aliphatic carbocycles. The maximum absolute atomic E-state index is 13.4. The summed E-state index contributed by atoms with van der Waals surface area (Å²) in [5.74, 6) is -0.262. The molecule has 1 aliphatic rings. The maximum Gasteiger partial charge on any atom is 0.246 e. The quantitative estimate of drug-likeness (QED) is 0.566. The summed E-state index contributed by atoms with van der Waals surface area (Å²) >= 11 is 0. The molecule has 1 heterocycles. The van der Waals surface area contributed by atoms with E-state index in [1.165, 1.54) is 5.56 Å². The van der Waals surface area contributed by atoms with Crippen molar-refractivity contribution in [3.8, 4) is 0 Å². The van der Waals surface area contributed by atoms with Crippen LogP contribution >= 0.6 is 0 Å². The number of amides is 3. The van der Waals surface area contributed by atoms with Crippen molar-refractivity contribution in [2.24, 2.45) is 5.41 Å². The Morgan fingerprint density at radius 1 is 1.27 bits per heavy atom. The van der Waals surface area contributed by atoms with Gasteiger partial charge in [0.05, 0.1) is 6.54 Å². The zero-order valence-electron chi connectivity index (χ0n) is 18.7. The predicted octanol–water partition coefficient (Wildman–Crippen LogP) is 1.43. The van der Waals surface area contributed by atoms with Crippen LogP contribution in [0.15, 0.2) is 30.3 Å². The fraction of sp³-hybridized carbons (Fsp3) is 0.609. The van der Waals surface area contributed by atoms with Crippen LogP contribution in [0.2, 0.25) is 0 Å². The number of benzene rings is 1. The summed E-state index contributed by atoms with van der Waals surface area (Å²) in [6, 6.07) is 9.44. The van der Waals surface area contributed by atoms with Crippen LogP contribution in [0.5, 0.6) is 0 Å². The van der Waals surface area contributed by atoms with E-state index in [4.69, 9.17) is 0 Å². The van der Waals surface area contributed by atoms with Crippen molar-refractivity contribution in [3.05, 3.63) is 35.9 Å². The lowest BCUT2D eigenvalue weighted by molar-refractivity contribution is -0.140. The highest BCUT2D eigenvalue weighted by atomic mass is 16.2. The highest BCUT2D eigenvalue weighted by molar-refractivity contribution is 5.89. The summed E-state index contributed by atoms with van der Waals surface area (Å²) in [7, 11) is 1.70. The number of carbonyl (C=O) groups is 3. The van der Waals surface area contributed by atoms with Crippen LogP contribution in [0.1, 0.15) is 39.2 Å². The molecule has 1 saturated heterocycles. The van der Waals surface area contributed by atoms with E-state index in [0.717, 1.165) is 25.7 Å². The number of likely N-dealkylation sites (N-methyl/N-ethyl adjacent to an activating group) is 1. The van der Waals surface area contributed by atoms with E-state index in [2.05, 4.69) is 22.8 Å². The Labute approximate surface area is 180 Å². The van der Waals surface area contributed by atoms with Crippen molar-refractivity contribution in [1.82, 2.24) is 20.4 Å². The summed E-state index contributed by atoms with van der Waals surface area (Å²) in [5, 5.41) is 5.71. The molecular weight excluding hydrogens is 380 g/mol. The molecule has 1 aromatic rings. The fourth-order valence-electron chi connectivity index (χ4n) is 3.88. The second-order valence-electron chi connectivity index (χ2n) is 9.06. The van der Waals surface area contributed by atoms with Gasteiger partial charge in [-0.3, -0.25) is 14.4 Å². The van der Waals surface area contributed by atoms with Crippen LogP contribution in [-0.2, 0) is 20.8 Å². The Balaban J connectivity index is 2.03. The molecule has 30 heavy (non-hydrogen) atoms. The first-order valence-corrected chi connectivity index (χ1v) is 10.7. The highest BCUT2D eigenvalue weighted by Gasteiger charge is 2.39. The number of rotatable bonds is 10. The lowest BCUT2D eigenvalue weighted by atomic mass is 9.85. The van der Waals surface area contributed by atoms with E-state index in [1.54, 1.807) is 11.9 Å². The molecule has 2 unspecified atom stereocenters. The molecule has 0 saturated carbocycles. The second kappa shape index (κ2) is 11.1. The summed E-state index contributed by atoms with van der Waals surface area (Å²) in [4.78, 5) is 40.8. The lowest BCUT2D eigenvalue weighted by Crippen LogP contribution is -2.57. The van der Waals surface area contributed by atoms with Crippen molar-refractivity contribution in [3.63, 3.8) is 0 Å². The third kappa shape index (κ3) is 6.83. The van der Waals surface area contributed by atoms with Crippen molar-refractivity contribution in [2.45, 2.75) is 52.1 Å². The average Bonchev–Trinajstić information content (AvgIpc) is 3.17. The zero-order chi connectivity index (χ0) is 22.1. The third-order valence-electron chi connectivity index (χ3n) is 5.54. The van der Waals surface area contributed by atoms with Gasteiger partial charge in [-0.1, -0.05) is 51.1 Å². The van der Waals surface area contributed by atoms with Gasteiger partial charge in [-0.05, 0) is 37.3 Å². The fourth-order valence-corrected chi connectivity index (χ4v) is 3.88. The van der Waals surface area contributed by atoms with E-state index in [0.29, 0.717) is 19.6 Å². The lowest BCUT2D eigenvalue weighted by Gasteiger charge is -2.36. The normalized spacial score (nSPS) is 17.5. The van der Waals surface area contributed by atoms with E-state index in [1.807, 2.05) is 43.9 Å². The largest absolute Gasteiger partial charge is 0.343 e. The minimum Gasteiger partial charge on any atom is -0.343 e. The number of nitrogens with zero attached hydrogens (tertiary/aromatic N) is 2. The summed E-state index contributed by atoms with van der Waals surface area (Å²) in [6.07, 6.45) is 3.43. The molecule has 0 spiro atoms. The van der Waals surface area contributed by atoms with Crippen LogP contribution in [0, 0.1) is 5.41 Å². The number of nitrogens with one attached hydrogen (secondary N) is 2. The third-order valence-corrected chi connectivity index (χ3v) is 5.54. The monoisotopic (exact) mass is 416 g/mol. The molecule has 3 amide bonds. The Bertz CT molecular complexity index is 702. The first-order chi connectivity index (χ1) is 14.3. The van der Waals surface area contributed by atoms with Gasteiger partial charge in [0.2, 0.25) is 18.2 Å². The zero-order valence-corrected chi connectivity index (χ0v) is 18.7. The molecule has 7 nitrogen and oxygen atoms in total. The van der Waals surface area contributed by atoms with Gasteiger partial charge in [0, 0.05) is 25.7 Å². The topological polar surface area (TPSA) is 81.8 Å². The van der Waals surface area contributed by atoms with Crippen LogP contribution < -0.4 is 10.6 Å². The second-order valence-corrected chi connectivity index (χ2v) is 9.06. The van der Waals surface area contributed by atoms with E-state index >= 15 is 0 Å². The predicted molar refractivity (Wildman–Crippen MR) is 118 cm³/mol. The van der Waals surface area contributed by atoms with Gasteiger partial charge in [-0.15, -0.1) is 0 Å². The first kappa shape index (κ1) is 23.9. The van der Waals surface area contributed by atoms with Gasteiger partial charge < -0.3 is 20.4 Å². The average molecular weight is 417 g/mol. The Morgan fingerprint density at radius 3 is 2.57 bits per heavy atom. The van der Waals surface area contributed by atoms with Gasteiger partial charge in [-0.2, -0.15) is 0 Å². The molecule has 166 valence electrons. The molecular formula is C23H36N4O3. The summed E-state index contributed by atoms with van der Waals surface area (Å²) in [5.41, 5.74) is 0.773. The number of hydrogen-bond donors (Lipinski definition) is 2. The molecule has 1 aromatic carbocycles.